The molecule has 1 amide bonds. The largest absolute Gasteiger partial charge is 0.460 e. The molecule has 15 heteroatoms. The first-order valence-corrected chi connectivity index (χ1v) is 25.9. The molecule has 1 saturated carbocycles. The van der Waals surface area contributed by atoms with Gasteiger partial charge in [-0.1, -0.05) is 71.1 Å². The number of nitrogens with zero attached hydrogens (tertiary/aromatic N) is 1. The van der Waals surface area contributed by atoms with E-state index >= 15 is 0 Å². The molecule has 3 N–H and O–H groups in total. The standard InChI is InChI=1S/C51H79NO13.C4H10O/c1-30-16-12-11-13-17-31(2)42(61-8)28-38-21-19-36(7)51(60,65-38)48(57)49(58)52-23-15-14-18-39(52)50(59)64-43(33(4)26-37-20-22-40(53)44(27-37)62-9)29-41(54)32(3)25-35(6)46(56)47(63-10)45(55)34(5)24-30;1-3-5-4-2/h11-13,16-17,25,30,32-34,36-40,42-44,46-47,53,56,60H,14-15,18-24,26-29H2,1-10H3;3-4H2,1-2H3/b13-11+,16-12+,31-17+,35-25+;/t30-,32-,33-,34-,36-,37+,38+,39+,40-,42+,43+,44-,46-,47+,51-;/m1./s1. The monoisotopic (exact) mass is 988 g/mol. The predicted octanol–water partition coefficient (Wildman–Crippen LogP) is 7.22. The smallest absolute Gasteiger partial charge is 0.329 e. The molecule has 3 fully saturated rings. The van der Waals surface area contributed by atoms with Gasteiger partial charge in [-0.15, -0.1) is 0 Å². The van der Waals surface area contributed by atoms with Crippen LogP contribution in [0.1, 0.15) is 139 Å². The number of methoxy groups -OCH3 is 3. The van der Waals surface area contributed by atoms with Gasteiger partial charge in [0, 0.05) is 71.7 Å². The molecule has 4 aliphatic rings. The van der Waals surface area contributed by atoms with Crippen LogP contribution in [0.25, 0.3) is 0 Å². The van der Waals surface area contributed by atoms with Crippen LogP contribution >= 0.6 is 0 Å². The Morgan fingerprint density at radius 3 is 2.16 bits per heavy atom. The number of hydrogen-bond acceptors (Lipinski definition) is 14. The lowest BCUT2D eigenvalue weighted by Gasteiger charge is -2.42. The predicted molar refractivity (Wildman–Crippen MR) is 267 cm³/mol. The maximum Gasteiger partial charge on any atom is 0.329 e. The second kappa shape index (κ2) is 29.9. The molecule has 70 heavy (non-hydrogen) atoms. The Morgan fingerprint density at radius 2 is 1.53 bits per heavy atom. The minimum atomic E-state index is -2.43. The highest BCUT2D eigenvalue weighted by atomic mass is 16.6. The number of ketones is 3. The molecule has 398 valence electrons. The van der Waals surface area contributed by atoms with Crippen molar-refractivity contribution < 1.29 is 67.7 Å². The molecule has 0 aromatic heterocycles. The van der Waals surface area contributed by atoms with Crippen LogP contribution in [0.5, 0.6) is 0 Å². The number of allylic oxidation sites excluding steroid dienone is 6. The highest BCUT2D eigenvalue weighted by Crippen LogP contribution is 2.38. The van der Waals surface area contributed by atoms with Crippen LogP contribution in [0, 0.1) is 35.5 Å². The topological polar surface area (TPSA) is 205 Å². The third-order valence-corrected chi connectivity index (χ3v) is 14.9. The number of esters is 1. The van der Waals surface area contributed by atoms with Crippen LogP contribution in [0.4, 0.5) is 0 Å². The summed E-state index contributed by atoms with van der Waals surface area (Å²) < 4.78 is 34.2. The van der Waals surface area contributed by atoms with Crippen LogP contribution in [0.3, 0.4) is 0 Å². The number of aliphatic hydroxyl groups is 3. The summed E-state index contributed by atoms with van der Waals surface area (Å²) in [6.07, 6.45) is 11.2. The minimum absolute atomic E-state index is 0.0193. The van der Waals surface area contributed by atoms with Gasteiger partial charge < -0.3 is 48.6 Å². The first kappa shape index (κ1) is 60.9. The molecule has 0 radical (unpaired) electrons. The lowest BCUT2D eigenvalue weighted by Crippen LogP contribution is -2.61. The summed E-state index contributed by atoms with van der Waals surface area (Å²) in [6, 6.07) is -1.14. The molecule has 0 spiro atoms. The quantitative estimate of drug-likeness (QED) is 0.125. The number of Topliss-reactive ketones (excluding diaryl/α,β-unsaturated/α-hetero) is 3. The SMILES string of the molecule is CCOCC.CO[C@H]1C[C@@H]2CC[C@@H](C)[C@@](O)(O2)C(=O)C(=O)N2CCCC[C@H]2C(=O)O[C@H]([C@H](C)C[C@@H]2CC[C@@H](O)[C@H](OC)C2)CC(=O)[C@H](C)/C=C(\C)[C@@H](O)[C@@H](OC)C(=O)[C@H](C)C[C@H](C)/C=C/C=C/C=C/1C. The van der Waals surface area contributed by atoms with Gasteiger partial charge in [-0.2, -0.15) is 0 Å². The van der Waals surface area contributed by atoms with E-state index in [1.807, 2.05) is 71.9 Å². The van der Waals surface area contributed by atoms with E-state index in [-0.39, 0.29) is 54.8 Å². The zero-order valence-corrected chi connectivity index (χ0v) is 44.4. The number of amides is 1. The van der Waals surface area contributed by atoms with Crippen LogP contribution in [0.15, 0.2) is 47.6 Å². The van der Waals surface area contributed by atoms with Gasteiger partial charge in [0.1, 0.15) is 30.1 Å². The third kappa shape index (κ3) is 17.4. The second-order valence-electron chi connectivity index (χ2n) is 20.4. The Balaban J connectivity index is 0.00000246. The van der Waals surface area contributed by atoms with Crippen molar-refractivity contribution in [2.75, 3.05) is 41.1 Å². The fourth-order valence-corrected chi connectivity index (χ4v) is 10.3. The van der Waals surface area contributed by atoms with E-state index in [1.165, 1.54) is 12.0 Å². The Hall–Kier alpha value is -3.41. The zero-order valence-electron chi connectivity index (χ0n) is 44.4. The lowest BCUT2D eigenvalue weighted by molar-refractivity contribution is -0.265. The molecule has 1 aliphatic carbocycles. The summed E-state index contributed by atoms with van der Waals surface area (Å²) >= 11 is 0. The highest BCUT2D eigenvalue weighted by molar-refractivity contribution is 6.39. The van der Waals surface area contributed by atoms with Gasteiger partial charge in [0.15, 0.2) is 5.78 Å². The van der Waals surface area contributed by atoms with Gasteiger partial charge >= 0.3 is 5.97 Å². The fourth-order valence-electron chi connectivity index (χ4n) is 10.3. The number of carbonyl (C=O) groups excluding carboxylic acids is 5. The highest BCUT2D eigenvalue weighted by Gasteiger charge is 2.53. The summed E-state index contributed by atoms with van der Waals surface area (Å²) in [4.78, 5) is 71.8. The van der Waals surface area contributed by atoms with E-state index in [2.05, 4.69) is 0 Å². The van der Waals surface area contributed by atoms with Gasteiger partial charge in [0.2, 0.25) is 5.79 Å². The van der Waals surface area contributed by atoms with Crippen molar-refractivity contribution >= 4 is 29.2 Å². The summed E-state index contributed by atoms with van der Waals surface area (Å²) in [7, 11) is 4.52. The van der Waals surface area contributed by atoms with E-state index in [1.54, 1.807) is 41.1 Å². The van der Waals surface area contributed by atoms with Crippen molar-refractivity contribution in [3.05, 3.63) is 47.6 Å². The molecular formula is C55H89NO14. The molecule has 15 nitrogen and oxygen atoms in total. The van der Waals surface area contributed by atoms with Crippen molar-refractivity contribution in [1.82, 2.24) is 4.90 Å². The van der Waals surface area contributed by atoms with E-state index < -0.39 is 83.9 Å². The Bertz CT molecular complexity index is 1810. The Labute approximate surface area is 418 Å². The summed E-state index contributed by atoms with van der Waals surface area (Å²) in [5.41, 5.74) is 1.27. The first-order valence-electron chi connectivity index (χ1n) is 25.9. The normalized spacial score (nSPS) is 38.1. The molecule has 3 aliphatic heterocycles. The van der Waals surface area contributed by atoms with E-state index in [0.29, 0.717) is 63.4 Å². The summed E-state index contributed by atoms with van der Waals surface area (Å²) in [6.45, 7) is 18.4. The number of ether oxygens (including phenoxy) is 6. The average molecular weight is 988 g/mol. The van der Waals surface area contributed by atoms with Gasteiger partial charge in [-0.3, -0.25) is 19.2 Å². The molecule has 4 rings (SSSR count). The molecule has 0 aromatic carbocycles. The second-order valence-corrected chi connectivity index (χ2v) is 20.4. The van der Waals surface area contributed by atoms with Crippen molar-refractivity contribution in [2.45, 2.75) is 194 Å². The fraction of sp³-hybridized carbons (Fsp3) is 0.764. The van der Waals surface area contributed by atoms with E-state index in [0.717, 1.165) is 25.2 Å². The van der Waals surface area contributed by atoms with Crippen LogP contribution in [-0.4, -0.2) is 145 Å². The van der Waals surface area contributed by atoms with Gasteiger partial charge in [0.25, 0.3) is 11.7 Å². The Morgan fingerprint density at radius 1 is 0.829 bits per heavy atom. The molecule has 0 aromatic rings. The van der Waals surface area contributed by atoms with Crippen LogP contribution in [0.2, 0.25) is 0 Å². The van der Waals surface area contributed by atoms with Crippen LogP contribution < -0.4 is 0 Å². The number of rotatable bonds is 8. The number of carbonyl (C=O) groups is 5. The van der Waals surface area contributed by atoms with Crippen molar-refractivity contribution in [3.8, 4) is 0 Å². The molecule has 15 atom stereocenters. The molecule has 2 saturated heterocycles. The molecule has 3 heterocycles. The van der Waals surface area contributed by atoms with Gasteiger partial charge in [-0.05, 0) is 121 Å². The van der Waals surface area contributed by atoms with Crippen molar-refractivity contribution in [3.63, 3.8) is 0 Å². The number of cyclic esters (lactones) is 1. The van der Waals surface area contributed by atoms with Crippen molar-refractivity contribution in [1.29, 1.82) is 0 Å². The number of hydrogen-bond donors (Lipinski definition) is 3. The average Bonchev–Trinajstić information content (AvgIpc) is 3.33. The number of aliphatic hydroxyl groups excluding tert-OH is 2. The third-order valence-electron chi connectivity index (χ3n) is 14.9. The summed E-state index contributed by atoms with van der Waals surface area (Å²) in [5.74, 6) is -7.96. The zero-order chi connectivity index (χ0) is 52.3. The van der Waals surface area contributed by atoms with Crippen LogP contribution in [-0.2, 0) is 52.4 Å². The molecule has 0 unspecified atom stereocenters. The maximum absolute atomic E-state index is 14.4. The maximum atomic E-state index is 14.4. The van der Waals surface area contributed by atoms with Gasteiger partial charge in [-0.25, -0.2) is 4.79 Å². The minimum Gasteiger partial charge on any atom is -0.460 e. The number of fused-ring (bicyclic) bond motifs is 3. The lowest BCUT2D eigenvalue weighted by atomic mass is 9.78. The van der Waals surface area contributed by atoms with Crippen molar-refractivity contribution in [2.24, 2.45) is 35.5 Å². The molecular weight excluding hydrogens is 899 g/mol. The first-order chi connectivity index (χ1) is 33.2. The summed E-state index contributed by atoms with van der Waals surface area (Å²) in [5, 5.41) is 33.8. The molecule has 2 bridgehead atoms. The number of piperidine rings is 1. The Kier molecular flexibility index (Phi) is 26.1. The van der Waals surface area contributed by atoms with E-state index in [4.69, 9.17) is 28.4 Å². The van der Waals surface area contributed by atoms with Gasteiger partial charge in [0.05, 0.1) is 24.4 Å². The van der Waals surface area contributed by atoms with E-state index in [9.17, 15) is 39.3 Å².